The molecule has 20 heavy (non-hydrogen) atoms. The van der Waals surface area contributed by atoms with Crippen molar-refractivity contribution < 1.29 is 9.32 Å². The van der Waals surface area contributed by atoms with Crippen LogP contribution in [-0.2, 0) is 4.79 Å². The second-order valence-corrected chi connectivity index (χ2v) is 4.98. The van der Waals surface area contributed by atoms with Crippen molar-refractivity contribution in [2.45, 2.75) is 13.0 Å². The summed E-state index contributed by atoms with van der Waals surface area (Å²) in [6, 6.07) is 6.94. The number of amides is 1. The standard InChI is InChI=1S/C14H12ClN3O2/c1-8-14-13(17-20-8)12(16-7-11(19)18(14)2)9-5-3-4-6-10(9)15/h3-7,12H,1-2H3. The molecule has 1 atom stereocenters. The van der Waals surface area contributed by atoms with Gasteiger partial charge in [0.25, 0.3) is 5.91 Å². The van der Waals surface area contributed by atoms with Crippen LogP contribution < -0.4 is 4.90 Å². The molecular weight excluding hydrogens is 278 g/mol. The summed E-state index contributed by atoms with van der Waals surface area (Å²) in [5, 5.41) is 4.64. The van der Waals surface area contributed by atoms with Crippen molar-refractivity contribution in [2.24, 2.45) is 4.99 Å². The van der Waals surface area contributed by atoms with Crippen molar-refractivity contribution in [3.63, 3.8) is 0 Å². The molecule has 3 rings (SSSR count). The highest BCUT2D eigenvalue weighted by Crippen LogP contribution is 2.38. The van der Waals surface area contributed by atoms with Crippen LogP contribution in [0.1, 0.15) is 23.1 Å². The molecule has 1 aliphatic heterocycles. The number of aryl methyl sites for hydroxylation is 1. The summed E-state index contributed by atoms with van der Waals surface area (Å²) in [5.74, 6) is 0.366. The van der Waals surface area contributed by atoms with Gasteiger partial charge in [-0.2, -0.15) is 0 Å². The number of fused-ring (bicyclic) bond motifs is 1. The Hall–Kier alpha value is -2.14. The number of aromatic nitrogens is 1. The summed E-state index contributed by atoms with van der Waals surface area (Å²) >= 11 is 6.23. The Morgan fingerprint density at radius 1 is 1.35 bits per heavy atom. The molecule has 0 aliphatic carbocycles. The molecule has 2 heterocycles. The smallest absolute Gasteiger partial charge is 0.268 e. The Bertz CT molecular complexity index is 708. The highest BCUT2D eigenvalue weighted by Gasteiger charge is 2.31. The molecule has 1 unspecified atom stereocenters. The zero-order chi connectivity index (χ0) is 14.3. The predicted octanol–water partition coefficient (Wildman–Crippen LogP) is 2.77. The number of rotatable bonds is 1. The number of hydrogen-bond acceptors (Lipinski definition) is 4. The number of carbonyl (C=O) groups excluding carboxylic acids is 1. The maximum atomic E-state index is 12.0. The second-order valence-electron chi connectivity index (χ2n) is 4.57. The van der Waals surface area contributed by atoms with E-state index in [1.807, 2.05) is 18.2 Å². The van der Waals surface area contributed by atoms with Gasteiger partial charge in [-0.05, 0) is 13.0 Å². The SMILES string of the molecule is Cc1onc2c1N(C)C(=O)C=NC2c1ccccc1Cl. The van der Waals surface area contributed by atoms with Gasteiger partial charge >= 0.3 is 0 Å². The van der Waals surface area contributed by atoms with Crippen molar-refractivity contribution in [1.82, 2.24) is 5.16 Å². The molecule has 1 amide bonds. The Kier molecular flexibility index (Phi) is 3.06. The number of benzene rings is 1. The first-order valence-electron chi connectivity index (χ1n) is 6.11. The van der Waals surface area contributed by atoms with Crippen LogP contribution in [0.5, 0.6) is 0 Å². The molecule has 6 heteroatoms. The fraction of sp³-hybridized carbons (Fsp3) is 0.214. The molecule has 1 aromatic heterocycles. The van der Waals surface area contributed by atoms with Crippen LogP contribution in [0.2, 0.25) is 5.02 Å². The molecule has 1 aromatic carbocycles. The van der Waals surface area contributed by atoms with Crippen LogP contribution in [0.3, 0.4) is 0 Å². The van der Waals surface area contributed by atoms with E-state index in [0.29, 0.717) is 22.2 Å². The number of anilines is 1. The van der Waals surface area contributed by atoms with E-state index in [4.69, 9.17) is 16.1 Å². The van der Waals surface area contributed by atoms with Crippen molar-refractivity contribution in [2.75, 3.05) is 11.9 Å². The summed E-state index contributed by atoms with van der Waals surface area (Å²) in [6.45, 7) is 1.77. The Labute approximate surface area is 120 Å². The molecule has 0 bridgehead atoms. The van der Waals surface area contributed by atoms with Gasteiger partial charge in [0.2, 0.25) is 0 Å². The average molecular weight is 290 g/mol. The van der Waals surface area contributed by atoms with Gasteiger partial charge in [-0.15, -0.1) is 0 Å². The van der Waals surface area contributed by atoms with E-state index in [9.17, 15) is 4.79 Å². The molecule has 0 fully saturated rings. The minimum absolute atomic E-state index is 0.216. The molecule has 2 aromatic rings. The largest absolute Gasteiger partial charge is 0.359 e. The normalized spacial score (nSPS) is 18.1. The minimum atomic E-state index is -0.440. The van der Waals surface area contributed by atoms with Gasteiger partial charge in [0.05, 0.1) is 6.21 Å². The van der Waals surface area contributed by atoms with Gasteiger partial charge in [-0.1, -0.05) is 35.0 Å². The van der Waals surface area contributed by atoms with Gasteiger partial charge in [0.1, 0.15) is 17.4 Å². The van der Waals surface area contributed by atoms with Crippen LogP contribution >= 0.6 is 11.6 Å². The first-order chi connectivity index (χ1) is 9.59. The molecule has 0 spiro atoms. The quantitative estimate of drug-likeness (QED) is 0.811. The van der Waals surface area contributed by atoms with Gasteiger partial charge in [-0.25, -0.2) is 0 Å². The Balaban J connectivity index is 2.22. The van der Waals surface area contributed by atoms with E-state index in [1.165, 1.54) is 11.1 Å². The first kappa shape index (κ1) is 12.9. The molecule has 102 valence electrons. The van der Waals surface area contributed by atoms with Crippen molar-refractivity contribution in [3.8, 4) is 0 Å². The highest BCUT2D eigenvalue weighted by atomic mass is 35.5. The van der Waals surface area contributed by atoms with Crippen molar-refractivity contribution >= 4 is 29.4 Å². The third kappa shape index (κ3) is 1.91. The Morgan fingerprint density at radius 3 is 2.85 bits per heavy atom. The predicted molar refractivity (Wildman–Crippen MR) is 76.4 cm³/mol. The topological polar surface area (TPSA) is 58.7 Å². The molecule has 0 saturated carbocycles. The maximum Gasteiger partial charge on any atom is 0.268 e. The lowest BCUT2D eigenvalue weighted by Crippen LogP contribution is -2.26. The van der Waals surface area contributed by atoms with Crippen LogP contribution in [-0.4, -0.2) is 24.3 Å². The number of hydrogen-bond donors (Lipinski definition) is 0. The van der Waals surface area contributed by atoms with Gasteiger partial charge in [0, 0.05) is 17.6 Å². The van der Waals surface area contributed by atoms with Crippen molar-refractivity contribution in [3.05, 3.63) is 46.3 Å². The first-order valence-corrected chi connectivity index (χ1v) is 6.49. The summed E-state index contributed by atoms with van der Waals surface area (Å²) in [7, 11) is 1.67. The molecule has 0 saturated heterocycles. The van der Waals surface area contributed by atoms with Crippen molar-refractivity contribution in [1.29, 1.82) is 0 Å². The lowest BCUT2D eigenvalue weighted by Gasteiger charge is -2.14. The molecule has 0 radical (unpaired) electrons. The van der Waals surface area contributed by atoms with Crippen LogP contribution in [0.25, 0.3) is 0 Å². The molecule has 1 aliphatic rings. The van der Waals surface area contributed by atoms with Gasteiger partial charge in [0.15, 0.2) is 5.76 Å². The summed E-state index contributed by atoms with van der Waals surface area (Å²) in [6.07, 6.45) is 1.30. The van der Waals surface area contributed by atoms with Crippen LogP contribution in [0.4, 0.5) is 5.69 Å². The van der Waals surface area contributed by atoms with E-state index >= 15 is 0 Å². The van der Waals surface area contributed by atoms with Gasteiger partial charge in [-0.3, -0.25) is 9.79 Å². The third-order valence-electron chi connectivity index (χ3n) is 3.32. The minimum Gasteiger partial charge on any atom is -0.359 e. The average Bonchev–Trinajstić information content (AvgIpc) is 2.76. The van der Waals surface area contributed by atoms with Gasteiger partial charge < -0.3 is 9.42 Å². The number of carbonyl (C=O) groups is 1. The summed E-state index contributed by atoms with van der Waals surface area (Å²) in [4.78, 5) is 17.8. The van der Waals surface area contributed by atoms with E-state index in [-0.39, 0.29) is 5.91 Å². The lowest BCUT2D eigenvalue weighted by atomic mass is 10.0. The van der Waals surface area contributed by atoms with Crippen LogP contribution in [0, 0.1) is 6.92 Å². The molecule has 5 nitrogen and oxygen atoms in total. The Morgan fingerprint density at radius 2 is 2.10 bits per heavy atom. The monoisotopic (exact) mass is 289 g/mol. The van der Waals surface area contributed by atoms with E-state index in [2.05, 4.69) is 10.1 Å². The zero-order valence-corrected chi connectivity index (χ0v) is 11.8. The fourth-order valence-corrected chi connectivity index (χ4v) is 2.54. The third-order valence-corrected chi connectivity index (χ3v) is 3.66. The summed E-state index contributed by atoms with van der Waals surface area (Å²) in [5.41, 5.74) is 2.04. The molecular formula is C14H12ClN3O2. The number of aliphatic imine (C=N–C) groups is 1. The summed E-state index contributed by atoms with van der Waals surface area (Å²) < 4.78 is 5.22. The fourth-order valence-electron chi connectivity index (χ4n) is 2.30. The highest BCUT2D eigenvalue weighted by molar-refractivity contribution is 6.33. The second kappa shape index (κ2) is 4.76. The lowest BCUT2D eigenvalue weighted by molar-refractivity contribution is -0.111. The molecule has 0 N–H and O–H groups in total. The van der Waals surface area contributed by atoms with E-state index in [0.717, 1.165) is 5.56 Å². The zero-order valence-electron chi connectivity index (χ0n) is 11.0. The van der Waals surface area contributed by atoms with Crippen LogP contribution in [0.15, 0.2) is 33.8 Å². The maximum absolute atomic E-state index is 12.0. The number of nitrogens with zero attached hydrogens (tertiary/aromatic N) is 3. The van der Waals surface area contributed by atoms with E-state index in [1.54, 1.807) is 20.0 Å². The van der Waals surface area contributed by atoms with E-state index < -0.39 is 6.04 Å². The number of halogens is 1.